The van der Waals surface area contributed by atoms with Gasteiger partial charge in [-0.2, -0.15) is 0 Å². The number of benzene rings is 1. The Morgan fingerprint density at radius 1 is 0.958 bits per heavy atom. The summed E-state index contributed by atoms with van der Waals surface area (Å²) in [6.45, 7) is 9.77. The van der Waals surface area contributed by atoms with Gasteiger partial charge in [0.1, 0.15) is 6.61 Å². The maximum absolute atomic E-state index is 11.5. The molecule has 0 saturated heterocycles. The van der Waals surface area contributed by atoms with Crippen molar-refractivity contribution in [1.29, 1.82) is 0 Å². The molecule has 136 valence electrons. The topological polar surface area (TPSA) is 66.0 Å². The Morgan fingerprint density at radius 2 is 1.58 bits per heavy atom. The summed E-state index contributed by atoms with van der Waals surface area (Å²) >= 11 is 0. The number of carbonyl (C=O) groups excluding carboxylic acids is 1. The van der Waals surface area contributed by atoms with Gasteiger partial charge in [0.2, 0.25) is 0 Å². The summed E-state index contributed by atoms with van der Waals surface area (Å²) in [5.74, 6) is 0. The summed E-state index contributed by atoms with van der Waals surface area (Å²) in [5.41, 5.74) is 0.958. The van der Waals surface area contributed by atoms with Crippen molar-refractivity contribution in [2.75, 3.05) is 39.6 Å². The number of ether oxygens (including phenoxy) is 3. The van der Waals surface area contributed by atoms with Crippen molar-refractivity contribution in [3.8, 4) is 0 Å². The summed E-state index contributed by atoms with van der Waals surface area (Å²) in [4.78, 5) is 11.5. The van der Waals surface area contributed by atoms with E-state index in [1.54, 1.807) is 0 Å². The second kappa shape index (κ2) is 12.0. The summed E-state index contributed by atoms with van der Waals surface area (Å²) in [7, 11) is -1.45. The average Bonchev–Trinajstić information content (AvgIpc) is 2.54. The molecule has 0 heterocycles. The highest BCUT2D eigenvalue weighted by Gasteiger charge is 2.12. The Bertz CT molecular complexity index is 450. The van der Waals surface area contributed by atoms with E-state index in [1.807, 2.05) is 30.3 Å². The van der Waals surface area contributed by atoms with Crippen LogP contribution in [0.15, 0.2) is 30.3 Å². The molecule has 1 amide bonds. The van der Waals surface area contributed by atoms with Gasteiger partial charge in [-0.1, -0.05) is 30.3 Å². The molecule has 24 heavy (non-hydrogen) atoms. The molecule has 0 unspecified atom stereocenters. The Morgan fingerprint density at radius 3 is 2.25 bits per heavy atom. The molecule has 0 aliphatic heterocycles. The molecular formula is C17H29NO5Si. The molecule has 0 fully saturated rings. The summed E-state index contributed by atoms with van der Waals surface area (Å²) < 4.78 is 21.5. The third kappa shape index (κ3) is 12.1. The predicted octanol–water partition coefficient (Wildman–Crippen LogP) is 2.80. The zero-order valence-corrected chi connectivity index (χ0v) is 15.9. The lowest BCUT2D eigenvalue weighted by Gasteiger charge is -2.16. The van der Waals surface area contributed by atoms with E-state index in [2.05, 4.69) is 25.0 Å². The molecule has 6 nitrogen and oxygen atoms in total. The molecule has 0 spiro atoms. The van der Waals surface area contributed by atoms with Gasteiger partial charge in [-0.15, -0.1) is 0 Å². The first-order valence-electron chi connectivity index (χ1n) is 8.21. The highest BCUT2D eigenvalue weighted by molar-refractivity contribution is 6.69. The van der Waals surface area contributed by atoms with Gasteiger partial charge in [0.25, 0.3) is 0 Å². The molecule has 0 saturated carbocycles. The normalized spacial score (nSPS) is 11.3. The van der Waals surface area contributed by atoms with E-state index in [0.29, 0.717) is 39.6 Å². The van der Waals surface area contributed by atoms with E-state index in [-0.39, 0.29) is 6.61 Å². The van der Waals surface area contributed by atoms with Crippen LogP contribution in [0, 0.1) is 0 Å². The van der Waals surface area contributed by atoms with Crippen LogP contribution in [-0.2, 0) is 25.2 Å². The zero-order valence-electron chi connectivity index (χ0n) is 14.9. The van der Waals surface area contributed by atoms with Crippen molar-refractivity contribution >= 4 is 14.4 Å². The fourth-order valence-electron chi connectivity index (χ4n) is 1.73. The summed E-state index contributed by atoms with van der Waals surface area (Å²) in [6.07, 6.45) is -0.442. The Hall–Kier alpha value is -1.41. The van der Waals surface area contributed by atoms with E-state index in [0.717, 1.165) is 5.56 Å². The molecule has 1 aromatic carbocycles. The second-order valence-electron chi connectivity index (χ2n) is 6.17. The fraction of sp³-hybridized carbons (Fsp3) is 0.588. The lowest BCUT2D eigenvalue weighted by molar-refractivity contribution is 0.0360. The molecule has 0 aliphatic rings. The third-order valence-electron chi connectivity index (χ3n) is 2.86. The standard InChI is InChI=1S/C17H29NO5Si/c1-24(2,3)23-14-13-21-12-11-20-10-9-18-17(19)22-15-16-7-5-4-6-8-16/h4-8H,9-15H2,1-3H3,(H,18,19). The number of hydrogen-bond donors (Lipinski definition) is 1. The summed E-state index contributed by atoms with van der Waals surface area (Å²) in [5, 5.41) is 2.64. The zero-order chi connectivity index (χ0) is 17.7. The largest absolute Gasteiger partial charge is 0.445 e. The Kier molecular flexibility index (Phi) is 10.3. The Labute approximate surface area is 145 Å². The first kappa shape index (κ1) is 20.6. The average molecular weight is 356 g/mol. The maximum Gasteiger partial charge on any atom is 0.407 e. The lowest BCUT2D eigenvalue weighted by Crippen LogP contribution is -2.28. The van der Waals surface area contributed by atoms with Crippen LogP contribution in [-0.4, -0.2) is 54.0 Å². The van der Waals surface area contributed by atoms with Gasteiger partial charge in [-0.05, 0) is 25.2 Å². The maximum atomic E-state index is 11.5. The van der Waals surface area contributed by atoms with E-state index >= 15 is 0 Å². The number of nitrogens with one attached hydrogen (secondary N) is 1. The third-order valence-corrected chi connectivity index (χ3v) is 3.93. The molecule has 0 aromatic heterocycles. The van der Waals surface area contributed by atoms with Crippen molar-refractivity contribution in [3.63, 3.8) is 0 Å². The van der Waals surface area contributed by atoms with Gasteiger partial charge in [-0.3, -0.25) is 0 Å². The Balaban J connectivity index is 1.87. The smallest absolute Gasteiger partial charge is 0.407 e. The van der Waals surface area contributed by atoms with Gasteiger partial charge in [-0.25, -0.2) is 4.79 Å². The van der Waals surface area contributed by atoms with Crippen LogP contribution in [0.25, 0.3) is 0 Å². The van der Waals surface area contributed by atoms with Crippen LogP contribution in [0.3, 0.4) is 0 Å². The molecule has 0 atom stereocenters. The molecule has 0 aliphatic carbocycles. The van der Waals surface area contributed by atoms with Crippen molar-refractivity contribution in [2.24, 2.45) is 0 Å². The molecule has 0 radical (unpaired) electrons. The van der Waals surface area contributed by atoms with Crippen molar-refractivity contribution in [2.45, 2.75) is 26.2 Å². The van der Waals surface area contributed by atoms with E-state index in [9.17, 15) is 4.79 Å². The minimum absolute atomic E-state index is 0.265. The number of hydrogen-bond acceptors (Lipinski definition) is 5. The number of carbonyl (C=O) groups is 1. The molecule has 1 N–H and O–H groups in total. The highest BCUT2D eigenvalue weighted by atomic mass is 28.4. The van der Waals surface area contributed by atoms with Crippen LogP contribution >= 0.6 is 0 Å². The first-order chi connectivity index (χ1) is 11.5. The van der Waals surface area contributed by atoms with Crippen LogP contribution in [0.1, 0.15) is 5.56 Å². The molecule has 1 aromatic rings. The quantitative estimate of drug-likeness (QED) is 0.461. The van der Waals surface area contributed by atoms with Crippen molar-refractivity contribution in [3.05, 3.63) is 35.9 Å². The van der Waals surface area contributed by atoms with Gasteiger partial charge in [0, 0.05) is 6.54 Å². The molecule has 0 bridgehead atoms. The molecule has 1 rings (SSSR count). The van der Waals surface area contributed by atoms with Crippen LogP contribution in [0.5, 0.6) is 0 Å². The van der Waals surface area contributed by atoms with Crippen molar-refractivity contribution < 1.29 is 23.4 Å². The minimum Gasteiger partial charge on any atom is -0.445 e. The molecule has 7 heteroatoms. The van der Waals surface area contributed by atoms with E-state index in [4.69, 9.17) is 18.6 Å². The highest BCUT2D eigenvalue weighted by Crippen LogP contribution is 2.01. The van der Waals surface area contributed by atoms with Crippen molar-refractivity contribution in [1.82, 2.24) is 5.32 Å². The molecular weight excluding hydrogens is 326 g/mol. The van der Waals surface area contributed by atoms with Crippen LogP contribution < -0.4 is 5.32 Å². The fourth-order valence-corrected chi connectivity index (χ4v) is 2.42. The van der Waals surface area contributed by atoms with E-state index in [1.165, 1.54) is 0 Å². The van der Waals surface area contributed by atoms with E-state index < -0.39 is 14.4 Å². The number of alkyl carbamates (subject to hydrolysis) is 1. The SMILES string of the molecule is C[Si](C)(C)OCCOCCOCCNC(=O)OCc1ccccc1. The monoisotopic (exact) mass is 355 g/mol. The lowest BCUT2D eigenvalue weighted by atomic mass is 10.2. The van der Waals surface area contributed by atoms with Gasteiger partial charge < -0.3 is 24.0 Å². The minimum atomic E-state index is -1.45. The summed E-state index contributed by atoms with van der Waals surface area (Å²) in [6, 6.07) is 9.55. The number of amides is 1. The van der Waals surface area contributed by atoms with Crippen LogP contribution in [0.4, 0.5) is 4.79 Å². The van der Waals surface area contributed by atoms with Gasteiger partial charge >= 0.3 is 6.09 Å². The number of rotatable bonds is 12. The predicted molar refractivity (Wildman–Crippen MR) is 95.6 cm³/mol. The first-order valence-corrected chi connectivity index (χ1v) is 11.6. The van der Waals surface area contributed by atoms with Gasteiger partial charge in [0.15, 0.2) is 8.32 Å². The van der Waals surface area contributed by atoms with Gasteiger partial charge in [0.05, 0.1) is 33.0 Å². The second-order valence-corrected chi connectivity index (χ2v) is 10.7. The van der Waals surface area contributed by atoms with Crippen LogP contribution in [0.2, 0.25) is 19.6 Å².